The van der Waals surface area contributed by atoms with E-state index >= 15 is 0 Å². The molecule has 0 bridgehead atoms. The topological polar surface area (TPSA) is 32.3 Å². The van der Waals surface area contributed by atoms with Crippen LogP contribution in [0, 0.1) is 12.8 Å². The molecular formula is C22H24N2O. The van der Waals surface area contributed by atoms with E-state index in [0.29, 0.717) is 17.9 Å². The number of rotatable bonds is 2. The van der Waals surface area contributed by atoms with Gasteiger partial charge in [-0.2, -0.15) is 0 Å². The molecule has 3 atom stereocenters. The van der Waals surface area contributed by atoms with Crippen molar-refractivity contribution >= 4 is 11.6 Å². The van der Waals surface area contributed by atoms with Crippen LogP contribution in [0.5, 0.6) is 0 Å². The van der Waals surface area contributed by atoms with Crippen LogP contribution in [-0.4, -0.2) is 24.9 Å². The molecule has 3 nitrogen and oxygen atoms in total. The van der Waals surface area contributed by atoms with Crippen molar-refractivity contribution in [2.45, 2.75) is 25.3 Å². The number of anilines is 1. The first kappa shape index (κ1) is 15.9. The fourth-order valence-corrected chi connectivity index (χ4v) is 4.23. The predicted molar refractivity (Wildman–Crippen MR) is 102 cm³/mol. The van der Waals surface area contributed by atoms with Crippen LogP contribution in [0.15, 0.2) is 54.6 Å². The van der Waals surface area contributed by atoms with Crippen molar-refractivity contribution < 1.29 is 4.79 Å². The third kappa shape index (κ3) is 2.64. The molecule has 0 saturated heterocycles. The average Bonchev–Trinajstić information content (AvgIpc) is 3.10. The zero-order valence-corrected chi connectivity index (χ0v) is 15.0. The number of hydrogen-bond donors (Lipinski definition) is 1. The van der Waals surface area contributed by atoms with Gasteiger partial charge in [-0.25, -0.2) is 0 Å². The van der Waals surface area contributed by atoms with Gasteiger partial charge in [0.15, 0.2) is 0 Å². The normalized spacial score (nSPS) is 23.6. The van der Waals surface area contributed by atoms with Gasteiger partial charge >= 0.3 is 0 Å². The summed E-state index contributed by atoms with van der Waals surface area (Å²) in [7, 11) is 3.60. The first-order chi connectivity index (χ1) is 12.1. The molecule has 0 aromatic heterocycles. The third-order valence-corrected chi connectivity index (χ3v) is 5.54. The minimum Gasteiger partial charge on any atom is -0.378 e. The molecular weight excluding hydrogens is 308 g/mol. The van der Waals surface area contributed by atoms with Crippen LogP contribution in [0.2, 0.25) is 0 Å². The van der Waals surface area contributed by atoms with Gasteiger partial charge in [-0.05, 0) is 54.2 Å². The number of carbonyl (C=O) groups excluding carboxylic acids is 1. The Kier molecular flexibility index (Phi) is 3.87. The van der Waals surface area contributed by atoms with E-state index < -0.39 is 0 Å². The molecule has 1 heterocycles. The maximum atomic E-state index is 12.3. The predicted octanol–water partition coefficient (Wildman–Crippen LogP) is 4.52. The fourth-order valence-electron chi connectivity index (χ4n) is 4.23. The zero-order valence-electron chi connectivity index (χ0n) is 15.0. The standard InChI is InChI=1S/C22H24N2O/c1-14-7-4-5-8-16(14)21-18-10-6-9-17(18)19-13-15(22(25)24(2)3)11-12-20(19)23-21/h4-9,11-13,17-18,21,23H,10H2,1-3H3. The highest BCUT2D eigenvalue weighted by Gasteiger charge is 2.38. The van der Waals surface area contributed by atoms with Gasteiger partial charge in [0.25, 0.3) is 5.91 Å². The molecule has 128 valence electrons. The number of amides is 1. The monoisotopic (exact) mass is 332 g/mol. The van der Waals surface area contributed by atoms with Crippen molar-refractivity contribution in [2.24, 2.45) is 5.92 Å². The summed E-state index contributed by atoms with van der Waals surface area (Å²) in [6, 6.07) is 15.0. The van der Waals surface area contributed by atoms with Crippen molar-refractivity contribution in [1.82, 2.24) is 4.90 Å². The zero-order chi connectivity index (χ0) is 17.6. The number of hydrogen-bond acceptors (Lipinski definition) is 2. The molecule has 0 saturated carbocycles. The Hall–Kier alpha value is -2.55. The Morgan fingerprint density at radius 2 is 1.92 bits per heavy atom. The van der Waals surface area contributed by atoms with Gasteiger partial charge in [0.1, 0.15) is 0 Å². The van der Waals surface area contributed by atoms with Gasteiger partial charge in [-0.3, -0.25) is 4.79 Å². The van der Waals surface area contributed by atoms with Crippen molar-refractivity contribution in [3.05, 3.63) is 76.9 Å². The van der Waals surface area contributed by atoms with E-state index in [0.717, 1.165) is 17.7 Å². The second-order valence-electron chi connectivity index (χ2n) is 7.33. The SMILES string of the molecule is Cc1ccccc1C1Nc2ccc(C(=O)N(C)C)cc2C2C=CCC21. The molecule has 1 aliphatic heterocycles. The first-order valence-electron chi connectivity index (χ1n) is 8.90. The van der Waals surface area contributed by atoms with Crippen molar-refractivity contribution in [2.75, 3.05) is 19.4 Å². The van der Waals surface area contributed by atoms with Gasteiger partial charge in [0.2, 0.25) is 0 Å². The Labute approximate surface area is 149 Å². The van der Waals surface area contributed by atoms with Crippen LogP contribution in [0.4, 0.5) is 5.69 Å². The van der Waals surface area contributed by atoms with Crippen LogP contribution >= 0.6 is 0 Å². The summed E-state index contributed by atoms with van der Waals surface area (Å²) >= 11 is 0. The van der Waals surface area contributed by atoms with Crippen LogP contribution in [0.25, 0.3) is 0 Å². The molecule has 2 aromatic carbocycles. The maximum Gasteiger partial charge on any atom is 0.253 e. The fraction of sp³-hybridized carbons (Fsp3) is 0.318. The van der Waals surface area contributed by atoms with E-state index in [1.807, 2.05) is 6.07 Å². The van der Waals surface area contributed by atoms with E-state index in [2.05, 4.69) is 60.8 Å². The molecule has 0 fully saturated rings. The van der Waals surface area contributed by atoms with Crippen LogP contribution in [0.1, 0.15) is 45.4 Å². The summed E-state index contributed by atoms with van der Waals surface area (Å²) in [6.45, 7) is 2.18. The number of allylic oxidation sites excluding steroid dienone is 2. The summed E-state index contributed by atoms with van der Waals surface area (Å²) in [5.74, 6) is 0.927. The van der Waals surface area contributed by atoms with E-state index in [1.165, 1.54) is 16.7 Å². The summed E-state index contributed by atoms with van der Waals surface area (Å²) in [5.41, 5.74) is 5.86. The minimum absolute atomic E-state index is 0.0577. The lowest BCUT2D eigenvalue weighted by Gasteiger charge is -2.38. The van der Waals surface area contributed by atoms with E-state index in [4.69, 9.17) is 0 Å². The molecule has 3 unspecified atom stereocenters. The molecule has 2 aliphatic rings. The summed E-state index contributed by atoms with van der Waals surface area (Å²) in [4.78, 5) is 14.0. The Morgan fingerprint density at radius 3 is 2.68 bits per heavy atom. The second-order valence-corrected chi connectivity index (χ2v) is 7.33. The molecule has 3 heteroatoms. The number of nitrogens with one attached hydrogen (secondary N) is 1. The highest BCUT2D eigenvalue weighted by molar-refractivity contribution is 5.94. The second kappa shape index (κ2) is 6.07. The van der Waals surface area contributed by atoms with E-state index in [-0.39, 0.29) is 5.91 Å². The minimum atomic E-state index is 0.0577. The molecule has 1 amide bonds. The number of carbonyl (C=O) groups is 1. The summed E-state index contributed by atoms with van der Waals surface area (Å²) in [5, 5.41) is 3.76. The first-order valence-corrected chi connectivity index (χ1v) is 8.90. The van der Waals surface area contributed by atoms with Gasteiger partial charge in [0, 0.05) is 31.3 Å². The number of aryl methyl sites for hydroxylation is 1. The molecule has 0 radical (unpaired) electrons. The number of nitrogens with zero attached hydrogens (tertiary/aromatic N) is 1. The average molecular weight is 332 g/mol. The number of benzene rings is 2. The molecule has 1 aliphatic carbocycles. The Bertz CT molecular complexity index is 853. The van der Waals surface area contributed by atoms with Gasteiger partial charge in [-0.1, -0.05) is 36.4 Å². The highest BCUT2D eigenvalue weighted by Crippen LogP contribution is 2.50. The van der Waals surface area contributed by atoms with Gasteiger partial charge < -0.3 is 10.2 Å². The maximum absolute atomic E-state index is 12.3. The smallest absolute Gasteiger partial charge is 0.253 e. The van der Waals surface area contributed by atoms with Crippen molar-refractivity contribution in [3.8, 4) is 0 Å². The van der Waals surface area contributed by atoms with Crippen LogP contribution in [0.3, 0.4) is 0 Å². The molecule has 4 rings (SSSR count). The highest BCUT2D eigenvalue weighted by atomic mass is 16.2. The van der Waals surface area contributed by atoms with Crippen molar-refractivity contribution in [3.63, 3.8) is 0 Å². The van der Waals surface area contributed by atoms with Gasteiger partial charge in [0.05, 0.1) is 6.04 Å². The molecule has 25 heavy (non-hydrogen) atoms. The third-order valence-electron chi connectivity index (χ3n) is 5.54. The van der Waals surface area contributed by atoms with E-state index in [9.17, 15) is 4.79 Å². The lowest BCUT2D eigenvalue weighted by molar-refractivity contribution is 0.0827. The molecule has 2 aromatic rings. The Balaban J connectivity index is 1.76. The molecule has 0 spiro atoms. The van der Waals surface area contributed by atoms with E-state index in [1.54, 1.807) is 19.0 Å². The van der Waals surface area contributed by atoms with Crippen LogP contribution in [-0.2, 0) is 0 Å². The quantitative estimate of drug-likeness (QED) is 0.820. The Morgan fingerprint density at radius 1 is 1.12 bits per heavy atom. The van der Waals surface area contributed by atoms with Gasteiger partial charge in [-0.15, -0.1) is 0 Å². The summed E-state index contributed by atoms with van der Waals surface area (Å²) in [6.07, 6.45) is 5.68. The largest absolute Gasteiger partial charge is 0.378 e. The number of fused-ring (bicyclic) bond motifs is 3. The lowest BCUT2D eigenvalue weighted by Crippen LogP contribution is -2.30. The molecule has 1 N–H and O–H groups in total. The van der Waals surface area contributed by atoms with Crippen LogP contribution < -0.4 is 5.32 Å². The van der Waals surface area contributed by atoms with Crippen molar-refractivity contribution in [1.29, 1.82) is 0 Å². The summed E-state index contributed by atoms with van der Waals surface area (Å²) < 4.78 is 0. The lowest BCUT2D eigenvalue weighted by atomic mass is 9.76.